The molecule has 2 amide bonds. The number of pyridine rings is 2. The Labute approximate surface area is 184 Å². The van der Waals surface area contributed by atoms with Crippen LogP contribution in [0, 0.1) is 0 Å². The lowest BCUT2D eigenvalue weighted by Gasteiger charge is -2.12. The normalized spacial score (nSPS) is 15.5. The van der Waals surface area contributed by atoms with E-state index in [0.717, 1.165) is 0 Å². The van der Waals surface area contributed by atoms with Crippen molar-refractivity contribution in [3.05, 3.63) is 54.7 Å². The van der Waals surface area contributed by atoms with Crippen molar-refractivity contribution in [2.24, 2.45) is 0 Å². The standard InChI is InChI=1S/C22H22N6O4/c1-3-31-18-5-4-6-24-22(18)32-17-7-14(9-23-12-17)20-25-10-15(11-26-20)21(30)27-16-8-19(29)28(2)13-16/h4-7,9-12,16H,3,8,13H2,1-2H3,(H,27,30). The third-order valence-corrected chi connectivity index (χ3v) is 4.81. The number of nitrogens with one attached hydrogen (secondary N) is 1. The zero-order valence-corrected chi connectivity index (χ0v) is 17.7. The van der Waals surface area contributed by atoms with E-state index in [2.05, 4.69) is 25.3 Å². The average molecular weight is 434 g/mol. The van der Waals surface area contributed by atoms with Crippen LogP contribution in [0.25, 0.3) is 11.4 Å². The molecule has 1 N–H and O–H groups in total. The van der Waals surface area contributed by atoms with E-state index in [1.54, 1.807) is 48.7 Å². The van der Waals surface area contributed by atoms with Gasteiger partial charge in [-0.05, 0) is 25.1 Å². The summed E-state index contributed by atoms with van der Waals surface area (Å²) >= 11 is 0. The Morgan fingerprint density at radius 2 is 2.03 bits per heavy atom. The van der Waals surface area contributed by atoms with Crippen LogP contribution >= 0.6 is 0 Å². The van der Waals surface area contributed by atoms with Crippen LogP contribution in [0.5, 0.6) is 17.4 Å². The summed E-state index contributed by atoms with van der Waals surface area (Å²) < 4.78 is 11.4. The van der Waals surface area contributed by atoms with Crippen molar-refractivity contribution in [1.29, 1.82) is 0 Å². The van der Waals surface area contributed by atoms with Crippen molar-refractivity contribution in [2.45, 2.75) is 19.4 Å². The Bertz CT molecular complexity index is 1120. The van der Waals surface area contributed by atoms with E-state index in [1.807, 2.05) is 6.92 Å². The third-order valence-electron chi connectivity index (χ3n) is 4.81. The maximum atomic E-state index is 12.4. The van der Waals surface area contributed by atoms with Crippen LogP contribution in [0.1, 0.15) is 23.7 Å². The summed E-state index contributed by atoms with van der Waals surface area (Å²) in [4.78, 5) is 42.6. The van der Waals surface area contributed by atoms with Crippen molar-refractivity contribution in [3.63, 3.8) is 0 Å². The Hall–Kier alpha value is -4.08. The summed E-state index contributed by atoms with van der Waals surface area (Å²) in [6.45, 7) is 2.86. The van der Waals surface area contributed by atoms with Gasteiger partial charge >= 0.3 is 0 Å². The Balaban J connectivity index is 1.45. The van der Waals surface area contributed by atoms with E-state index in [4.69, 9.17) is 9.47 Å². The largest absolute Gasteiger partial charge is 0.488 e. The molecular formula is C22H22N6O4. The van der Waals surface area contributed by atoms with Gasteiger partial charge in [0.2, 0.25) is 5.91 Å². The topological polar surface area (TPSA) is 119 Å². The molecule has 0 aromatic carbocycles. The van der Waals surface area contributed by atoms with Crippen LogP contribution in [0.4, 0.5) is 0 Å². The van der Waals surface area contributed by atoms with E-state index in [9.17, 15) is 9.59 Å². The highest BCUT2D eigenvalue weighted by atomic mass is 16.5. The first-order valence-corrected chi connectivity index (χ1v) is 10.1. The van der Waals surface area contributed by atoms with Crippen molar-refractivity contribution in [3.8, 4) is 28.8 Å². The van der Waals surface area contributed by atoms with Crippen molar-refractivity contribution >= 4 is 11.8 Å². The van der Waals surface area contributed by atoms with Crippen molar-refractivity contribution < 1.29 is 19.1 Å². The number of ether oxygens (including phenoxy) is 2. The van der Waals surface area contributed by atoms with Crippen LogP contribution in [0.2, 0.25) is 0 Å². The van der Waals surface area contributed by atoms with Crippen molar-refractivity contribution in [2.75, 3.05) is 20.2 Å². The van der Waals surface area contributed by atoms with Crippen LogP contribution < -0.4 is 14.8 Å². The summed E-state index contributed by atoms with van der Waals surface area (Å²) in [5.74, 6) is 1.39. The molecule has 1 unspecified atom stereocenters. The molecule has 0 spiro atoms. The molecular weight excluding hydrogens is 412 g/mol. The number of carbonyl (C=O) groups is 2. The smallest absolute Gasteiger partial charge is 0.262 e. The van der Waals surface area contributed by atoms with Gasteiger partial charge in [-0.3, -0.25) is 14.6 Å². The number of carbonyl (C=O) groups excluding carboxylic acids is 2. The second kappa shape index (κ2) is 9.38. The molecule has 4 rings (SSSR count). The third kappa shape index (κ3) is 4.80. The molecule has 10 heteroatoms. The van der Waals surface area contributed by atoms with Crippen LogP contribution in [-0.2, 0) is 4.79 Å². The molecule has 0 radical (unpaired) electrons. The maximum absolute atomic E-state index is 12.4. The highest BCUT2D eigenvalue weighted by Gasteiger charge is 2.28. The van der Waals surface area contributed by atoms with Crippen LogP contribution in [0.3, 0.4) is 0 Å². The molecule has 3 aromatic heterocycles. The number of hydrogen-bond donors (Lipinski definition) is 1. The number of likely N-dealkylation sites (tertiary alicyclic amines) is 1. The number of nitrogens with zero attached hydrogens (tertiary/aromatic N) is 5. The first-order chi connectivity index (χ1) is 15.5. The molecule has 3 aromatic rings. The van der Waals surface area contributed by atoms with Gasteiger partial charge in [0.1, 0.15) is 5.75 Å². The number of hydrogen-bond acceptors (Lipinski definition) is 8. The Morgan fingerprint density at radius 1 is 1.22 bits per heavy atom. The quantitative estimate of drug-likeness (QED) is 0.600. The zero-order valence-electron chi connectivity index (χ0n) is 17.7. The maximum Gasteiger partial charge on any atom is 0.262 e. The molecule has 1 aliphatic heterocycles. The minimum atomic E-state index is -0.321. The summed E-state index contributed by atoms with van der Waals surface area (Å²) in [6.07, 6.45) is 7.94. The molecule has 32 heavy (non-hydrogen) atoms. The van der Waals surface area contributed by atoms with Gasteiger partial charge in [-0.25, -0.2) is 15.0 Å². The van der Waals surface area contributed by atoms with Gasteiger partial charge in [-0.2, -0.15) is 0 Å². The summed E-state index contributed by atoms with van der Waals surface area (Å²) in [5, 5.41) is 2.83. The zero-order chi connectivity index (χ0) is 22.5. The first kappa shape index (κ1) is 21.2. The lowest BCUT2D eigenvalue weighted by molar-refractivity contribution is -0.126. The summed E-state index contributed by atoms with van der Waals surface area (Å²) in [5.41, 5.74) is 0.928. The molecule has 1 fully saturated rings. The van der Waals surface area contributed by atoms with Gasteiger partial charge in [-0.15, -0.1) is 0 Å². The lowest BCUT2D eigenvalue weighted by atomic mass is 10.2. The fourth-order valence-corrected chi connectivity index (χ4v) is 3.25. The van der Waals surface area contributed by atoms with Gasteiger partial charge in [-0.1, -0.05) is 0 Å². The van der Waals surface area contributed by atoms with Gasteiger partial charge in [0.25, 0.3) is 11.8 Å². The molecule has 0 aliphatic carbocycles. The second-order valence-electron chi connectivity index (χ2n) is 7.20. The van der Waals surface area contributed by atoms with Crippen molar-refractivity contribution in [1.82, 2.24) is 30.2 Å². The summed E-state index contributed by atoms with van der Waals surface area (Å²) in [6, 6.07) is 5.05. The minimum absolute atomic E-state index is 0.00980. The Morgan fingerprint density at radius 3 is 2.75 bits per heavy atom. The van der Waals surface area contributed by atoms with E-state index in [-0.39, 0.29) is 17.9 Å². The molecule has 1 atom stereocenters. The number of aromatic nitrogens is 4. The molecule has 164 valence electrons. The molecule has 4 heterocycles. The molecule has 10 nitrogen and oxygen atoms in total. The molecule has 0 bridgehead atoms. The minimum Gasteiger partial charge on any atom is -0.488 e. The fourth-order valence-electron chi connectivity index (χ4n) is 3.25. The predicted molar refractivity (Wildman–Crippen MR) is 114 cm³/mol. The lowest BCUT2D eigenvalue weighted by Crippen LogP contribution is -2.36. The van der Waals surface area contributed by atoms with Crippen LogP contribution in [0.15, 0.2) is 49.2 Å². The SMILES string of the molecule is CCOc1cccnc1Oc1cncc(-c2ncc(C(=O)NC3CC(=O)N(C)C3)cn2)c1. The Kier molecular flexibility index (Phi) is 6.20. The van der Waals surface area contributed by atoms with Gasteiger partial charge in [0.05, 0.1) is 24.4 Å². The number of rotatable bonds is 7. The van der Waals surface area contributed by atoms with E-state index in [1.165, 1.54) is 12.4 Å². The predicted octanol–water partition coefficient (Wildman–Crippen LogP) is 2.09. The monoisotopic (exact) mass is 434 g/mol. The highest BCUT2D eigenvalue weighted by molar-refractivity contribution is 5.94. The number of likely N-dealkylation sites (N-methyl/N-ethyl adjacent to an activating group) is 1. The van der Waals surface area contributed by atoms with E-state index < -0.39 is 0 Å². The summed E-state index contributed by atoms with van der Waals surface area (Å²) in [7, 11) is 1.71. The second-order valence-corrected chi connectivity index (χ2v) is 7.20. The fraction of sp³-hybridized carbons (Fsp3) is 0.273. The van der Waals surface area contributed by atoms with Gasteiger partial charge in [0.15, 0.2) is 11.6 Å². The van der Waals surface area contributed by atoms with E-state index in [0.29, 0.717) is 53.9 Å². The molecule has 1 aliphatic rings. The average Bonchev–Trinajstić information content (AvgIpc) is 3.12. The first-order valence-electron chi connectivity index (χ1n) is 10.1. The highest BCUT2D eigenvalue weighted by Crippen LogP contribution is 2.30. The van der Waals surface area contributed by atoms with E-state index >= 15 is 0 Å². The van der Waals surface area contributed by atoms with Gasteiger partial charge in [0, 0.05) is 50.4 Å². The van der Waals surface area contributed by atoms with Gasteiger partial charge < -0.3 is 19.7 Å². The number of amides is 2. The molecule has 0 saturated carbocycles. The van der Waals surface area contributed by atoms with Crippen LogP contribution in [-0.4, -0.2) is 62.9 Å². The molecule has 1 saturated heterocycles.